The molecule has 0 radical (unpaired) electrons. The molecule has 3 aliphatic heterocycles. The molecule has 0 aliphatic carbocycles. The van der Waals surface area contributed by atoms with Gasteiger partial charge < -0.3 is 9.47 Å². The van der Waals surface area contributed by atoms with Crippen molar-refractivity contribution in [2.75, 3.05) is 19.7 Å². The summed E-state index contributed by atoms with van der Waals surface area (Å²) in [6.45, 7) is 5.17. The molecule has 2 aromatic carbocycles. The molecule has 0 N–H and O–H groups in total. The van der Waals surface area contributed by atoms with Gasteiger partial charge in [0, 0.05) is 36.5 Å². The van der Waals surface area contributed by atoms with Gasteiger partial charge in [0.05, 0.1) is 17.8 Å². The number of nitrogens with zero attached hydrogens (tertiary/aromatic N) is 2. The highest BCUT2D eigenvalue weighted by molar-refractivity contribution is 5.88. The number of pyridine rings is 1. The minimum absolute atomic E-state index is 0.186. The smallest absolute Gasteiger partial charge is 0.152 e. The summed E-state index contributed by atoms with van der Waals surface area (Å²) in [5.74, 6) is 2.65. The number of rotatable bonds is 6. The van der Waals surface area contributed by atoms with Gasteiger partial charge >= 0.3 is 0 Å². The van der Waals surface area contributed by atoms with E-state index in [1.165, 1.54) is 12.8 Å². The summed E-state index contributed by atoms with van der Waals surface area (Å²) in [5, 5.41) is 1.08. The van der Waals surface area contributed by atoms with Crippen molar-refractivity contribution in [3.63, 3.8) is 0 Å². The van der Waals surface area contributed by atoms with Crippen molar-refractivity contribution in [1.29, 1.82) is 0 Å². The first-order valence-electron chi connectivity index (χ1n) is 10.8. The van der Waals surface area contributed by atoms with Crippen molar-refractivity contribution in [3.8, 4) is 22.8 Å². The highest BCUT2D eigenvalue weighted by atomic mass is 16.5. The molecule has 0 spiro atoms. The van der Waals surface area contributed by atoms with Crippen molar-refractivity contribution < 1.29 is 9.47 Å². The summed E-state index contributed by atoms with van der Waals surface area (Å²) < 4.78 is 12.3. The highest BCUT2D eigenvalue weighted by Gasteiger charge is 2.35. The van der Waals surface area contributed by atoms with Crippen LogP contribution < -0.4 is 9.47 Å². The molecule has 1 atom stereocenters. The number of hydrogen-bond acceptors (Lipinski definition) is 4. The summed E-state index contributed by atoms with van der Waals surface area (Å²) in [6.07, 6.45) is 4.96. The fourth-order valence-corrected chi connectivity index (χ4v) is 4.51. The van der Waals surface area contributed by atoms with E-state index in [0.717, 1.165) is 72.1 Å². The Morgan fingerprint density at radius 2 is 1.83 bits per heavy atom. The van der Waals surface area contributed by atoms with Crippen LogP contribution in [-0.2, 0) is 0 Å². The fraction of sp³-hybridized carbons (Fsp3) is 0.400. The standard InChI is InChI=1S/C25H28N2O2/c1-2-15-28-20-9-7-19(8-10-20)23-17-24(21-5-3-4-6-22(21)26-23)29-25-16-18-11-13-27(25)14-12-18/h3-10,17-18,25H,2,11-16H2,1H3. The number of benzene rings is 2. The zero-order valence-corrected chi connectivity index (χ0v) is 17.0. The largest absolute Gasteiger partial charge is 0.494 e. The summed E-state index contributed by atoms with van der Waals surface area (Å²) in [7, 11) is 0. The molecular weight excluding hydrogens is 360 g/mol. The van der Waals surface area contributed by atoms with Crippen molar-refractivity contribution in [1.82, 2.24) is 9.88 Å². The summed E-state index contributed by atoms with van der Waals surface area (Å²) in [5.41, 5.74) is 2.99. The van der Waals surface area contributed by atoms with Crippen LogP contribution in [-0.4, -0.2) is 35.8 Å². The van der Waals surface area contributed by atoms with E-state index in [1.54, 1.807) is 0 Å². The van der Waals surface area contributed by atoms with Gasteiger partial charge in [0.1, 0.15) is 11.5 Å². The van der Waals surface area contributed by atoms with Gasteiger partial charge in [0.25, 0.3) is 0 Å². The Labute approximate surface area is 172 Å². The molecule has 0 amide bonds. The van der Waals surface area contributed by atoms with Crippen molar-refractivity contribution in [3.05, 3.63) is 54.6 Å². The first kappa shape index (κ1) is 18.4. The van der Waals surface area contributed by atoms with Gasteiger partial charge in [0.2, 0.25) is 0 Å². The molecule has 3 fully saturated rings. The molecule has 1 unspecified atom stereocenters. The molecule has 4 heteroatoms. The normalized spacial score (nSPS) is 23.3. The molecule has 6 rings (SSSR count). The Hall–Kier alpha value is -2.59. The molecule has 3 aliphatic rings. The molecule has 150 valence electrons. The second-order valence-electron chi connectivity index (χ2n) is 8.18. The van der Waals surface area contributed by atoms with Gasteiger partial charge in [-0.3, -0.25) is 4.90 Å². The average molecular weight is 389 g/mol. The van der Waals surface area contributed by atoms with E-state index in [0.29, 0.717) is 0 Å². The number of fused-ring (bicyclic) bond motifs is 4. The molecule has 0 saturated carbocycles. The van der Waals surface area contributed by atoms with Crippen molar-refractivity contribution >= 4 is 10.9 Å². The van der Waals surface area contributed by atoms with E-state index in [1.807, 2.05) is 18.2 Å². The van der Waals surface area contributed by atoms with E-state index in [9.17, 15) is 0 Å². The summed E-state index contributed by atoms with van der Waals surface area (Å²) in [4.78, 5) is 7.40. The molecule has 4 nitrogen and oxygen atoms in total. The number of piperidine rings is 3. The Morgan fingerprint density at radius 3 is 2.55 bits per heavy atom. The van der Waals surface area contributed by atoms with Crippen molar-refractivity contribution in [2.45, 2.75) is 38.8 Å². The van der Waals surface area contributed by atoms with Crippen LogP contribution in [0.25, 0.3) is 22.2 Å². The predicted octanol–water partition coefficient (Wildman–Crippen LogP) is 5.51. The third kappa shape index (κ3) is 3.82. The number of aromatic nitrogens is 1. The van der Waals surface area contributed by atoms with Gasteiger partial charge in [-0.2, -0.15) is 0 Å². The number of hydrogen-bond donors (Lipinski definition) is 0. The lowest BCUT2D eigenvalue weighted by Crippen LogP contribution is -2.51. The lowest BCUT2D eigenvalue weighted by molar-refractivity contribution is -0.0598. The number of ether oxygens (including phenoxy) is 2. The Bertz CT molecular complexity index is 978. The molecule has 2 bridgehead atoms. The second-order valence-corrected chi connectivity index (χ2v) is 8.18. The van der Waals surface area contributed by atoms with E-state index in [-0.39, 0.29) is 6.23 Å². The van der Waals surface area contributed by atoms with E-state index >= 15 is 0 Å². The molecule has 4 heterocycles. The van der Waals surface area contributed by atoms with Gasteiger partial charge in [-0.15, -0.1) is 0 Å². The molecule has 29 heavy (non-hydrogen) atoms. The first-order valence-corrected chi connectivity index (χ1v) is 10.8. The second kappa shape index (κ2) is 8.03. The summed E-state index contributed by atoms with van der Waals surface area (Å²) >= 11 is 0. The summed E-state index contributed by atoms with van der Waals surface area (Å²) in [6, 6.07) is 18.6. The molecule has 3 saturated heterocycles. The van der Waals surface area contributed by atoms with Crippen LogP contribution in [0, 0.1) is 5.92 Å². The zero-order valence-electron chi connectivity index (χ0n) is 17.0. The lowest BCUT2D eigenvalue weighted by Gasteiger charge is -2.44. The van der Waals surface area contributed by atoms with Gasteiger partial charge in [-0.25, -0.2) is 4.98 Å². The molecule has 3 aromatic rings. The maximum Gasteiger partial charge on any atom is 0.152 e. The minimum atomic E-state index is 0.186. The lowest BCUT2D eigenvalue weighted by atomic mass is 9.87. The number of para-hydroxylation sites is 1. The topological polar surface area (TPSA) is 34.6 Å². The first-order chi connectivity index (χ1) is 14.3. The van der Waals surface area contributed by atoms with E-state index in [2.05, 4.69) is 48.2 Å². The van der Waals surface area contributed by atoms with Gasteiger partial charge in [-0.1, -0.05) is 19.1 Å². The molecular formula is C25H28N2O2. The SMILES string of the molecule is CCCOc1ccc(-c2cc(OC3CC4CCN3CC4)c3ccccc3n2)cc1. The maximum absolute atomic E-state index is 6.60. The molecule has 1 aromatic heterocycles. The maximum atomic E-state index is 6.60. The monoisotopic (exact) mass is 388 g/mol. The Kier molecular flexibility index (Phi) is 5.11. The van der Waals surface area contributed by atoms with E-state index < -0.39 is 0 Å². The minimum Gasteiger partial charge on any atom is -0.494 e. The van der Waals surface area contributed by atoms with Gasteiger partial charge in [0.15, 0.2) is 6.23 Å². The van der Waals surface area contributed by atoms with Crippen LogP contribution in [0.3, 0.4) is 0 Å². The average Bonchev–Trinajstić information content (AvgIpc) is 2.79. The predicted molar refractivity (Wildman–Crippen MR) is 116 cm³/mol. The Balaban J connectivity index is 1.47. The third-order valence-corrected chi connectivity index (χ3v) is 6.16. The van der Waals surface area contributed by atoms with Gasteiger partial charge in [-0.05, 0) is 61.6 Å². The fourth-order valence-electron chi connectivity index (χ4n) is 4.51. The van der Waals surface area contributed by atoms with Crippen LogP contribution in [0.4, 0.5) is 0 Å². The Morgan fingerprint density at radius 1 is 1.03 bits per heavy atom. The van der Waals surface area contributed by atoms with Crippen LogP contribution in [0.2, 0.25) is 0 Å². The van der Waals surface area contributed by atoms with Crippen LogP contribution in [0.1, 0.15) is 32.6 Å². The van der Waals surface area contributed by atoms with Crippen LogP contribution in [0.15, 0.2) is 54.6 Å². The highest BCUT2D eigenvalue weighted by Crippen LogP contribution is 2.36. The van der Waals surface area contributed by atoms with Crippen molar-refractivity contribution in [2.24, 2.45) is 5.92 Å². The zero-order chi connectivity index (χ0) is 19.6. The quantitative estimate of drug-likeness (QED) is 0.558. The van der Waals surface area contributed by atoms with E-state index in [4.69, 9.17) is 14.5 Å². The third-order valence-electron chi connectivity index (χ3n) is 6.16. The van der Waals surface area contributed by atoms with Crippen LogP contribution in [0.5, 0.6) is 11.5 Å². The van der Waals surface area contributed by atoms with Crippen LogP contribution >= 0.6 is 0 Å².